The second kappa shape index (κ2) is 4.30. The lowest BCUT2D eigenvalue weighted by Crippen LogP contribution is -2.36. The lowest BCUT2D eigenvalue weighted by molar-refractivity contribution is 0.0491. The molecule has 1 aromatic heterocycles. The van der Waals surface area contributed by atoms with Crippen LogP contribution in [0.15, 0.2) is 29.6 Å². The van der Waals surface area contributed by atoms with Gasteiger partial charge in [0.25, 0.3) is 0 Å². The number of hydrogen-bond acceptors (Lipinski definition) is 3. The lowest BCUT2D eigenvalue weighted by atomic mass is 9.93. The number of thiophene rings is 1. The van der Waals surface area contributed by atoms with Crippen LogP contribution in [0.5, 0.6) is 0 Å². The number of benzene rings is 1. The van der Waals surface area contributed by atoms with E-state index in [0.29, 0.717) is 0 Å². The number of hydrogen-bond donors (Lipinski definition) is 1. The molecule has 2 nitrogen and oxygen atoms in total. The summed E-state index contributed by atoms with van der Waals surface area (Å²) in [5.74, 6) is 0. The topological polar surface area (TPSA) is 23.5 Å². The van der Waals surface area contributed by atoms with Gasteiger partial charge in [0.2, 0.25) is 0 Å². The summed E-state index contributed by atoms with van der Waals surface area (Å²) in [5, 5.41) is 14.4. The molecule has 0 amide bonds. The number of aliphatic hydroxyl groups is 1. The molecule has 1 aromatic carbocycles. The zero-order valence-electron chi connectivity index (χ0n) is 11.0. The van der Waals surface area contributed by atoms with Gasteiger partial charge in [0.05, 0.1) is 5.60 Å². The van der Waals surface area contributed by atoms with Crippen molar-refractivity contribution < 1.29 is 5.11 Å². The maximum absolute atomic E-state index is 10.8. The van der Waals surface area contributed by atoms with Crippen LogP contribution in [0.3, 0.4) is 0 Å². The van der Waals surface area contributed by atoms with E-state index < -0.39 is 5.60 Å². The van der Waals surface area contributed by atoms with E-state index in [-0.39, 0.29) is 0 Å². The van der Waals surface area contributed by atoms with E-state index in [4.69, 9.17) is 0 Å². The molecule has 19 heavy (non-hydrogen) atoms. The highest BCUT2D eigenvalue weighted by molar-refractivity contribution is 7.17. The van der Waals surface area contributed by atoms with Crippen molar-refractivity contribution in [2.75, 3.05) is 13.1 Å². The van der Waals surface area contributed by atoms with Gasteiger partial charge in [-0.1, -0.05) is 18.2 Å². The largest absolute Gasteiger partial charge is 0.388 e. The second-order valence-corrected chi connectivity index (χ2v) is 7.02. The average Bonchev–Trinajstić information content (AvgIpc) is 3.09. The highest BCUT2D eigenvalue weighted by Crippen LogP contribution is 2.36. The maximum atomic E-state index is 10.8. The summed E-state index contributed by atoms with van der Waals surface area (Å²) in [7, 11) is 0. The van der Waals surface area contributed by atoms with E-state index in [0.717, 1.165) is 32.0 Å². The highest BCUT2D eigenvalue weighted by Gasteiger charge is 2.42. The molecule has 1 N–H and O–H groups in total. The van der Waals surface area contributed by atoms with Gasteiger partial charge in [0.15, 0.2) is 0 Å². The van der Waals surface area contributed by atoms with E-state index >= 15 is 0 Å². The first kappa shape index (κ1) is 11.9. The predicted octanol–water partition coefficient (Wildman–Crippen LogP) is 3.04. The predicted molar refractivity (Wildman–Crippen MR) is 79.7 cm³/mol. The first-order valence-electron chi connectivity index (χ1n) is 7.15. The van der Waals surface area contributed by atoms with Gasteiger partial charge >= 0.3 is 0 Å². The molecule has 2 aliphatic rings. The van der Waals surface area contributed by atoms with Crippen molar-refractivity contribution in [1.29, 1.82) is 0 Å². The van der Waals surface area contributed by atoms with Gasteiger partial charge < -0.3 is 5.11 Å². The SMILES string of the molecule is OC1(Cc2csc3ccccc23)CCN(C2CC2)C1. The molecule has 0 spiro atoms. The third kappa shape index (κ3) is 2.20. The summed E-state index contributed by atoms with van der Waals surface area (Å²) in [6, 6.07) is 9.29. The van der Waals surface area contributed by atoms with Gasteiger partial charge in [-0.3, -0.25) is 4.90 Å². The van der Waals surface area contributed by atoms with E-state index in [1.54, 1.807) is 11.3 Å². The first-order chi connectivity index (χ1) is 9.23. The summed E-state index contributed by atoms with van der Waals surface area (Å²) in [6.07, 6.45) is 4.39. The Morgan fingerprint density at radius 1 is 1.32 bits per heavy atom. The summed E-state index contributed by atoms with van der Waals surface area (Å²) in [4.78, 5) is 2.48. The molecular weight excluding hydrogens is 254 g/mol. The Balaban J connectivity index is 1.57. The van der Waals surface area contributed by atoms with Crippen LogP contribution >= 0.6 is 11.3 Å². The molecule has 2 heterocycles. The molecule has 2 aromatic rings. The Kier molecular flexibility index (Phi) is 2.69. The van der Waals surface area contributed by atoms with E-state index in [9.17, 15) is 5.11 Å². The number of β-amino-alcohol motifs (C(OH)–C–C–N with tert-alkyl or cyclic N) is 1. The fourth-order valence-corrected chi connectivity index (χ4v) is 4.27. The van der Waals surface area contributed by atoms with Crippen LogP contribution < -0.4 is 0 Å². The van der Waals surface area contributed by atoms with Gasteiger partial charge in [-0.05, 0) is 41.7 Å². The molecule has 1 saturated carbocycles. The molecule has 4 rings (SSSR count). The molecule has 0 bridgehead atoms. The van der Waals surface area contributed by atoms with Gasteiger partial charge in [-0.15, -0.1) is 11.3 Å². The summed E-state index contributed by atoms with van der Waals surface area (Å²) in [6.45, 7) is 1.94. The van der Waals surface area contributed by atoms with Crippen LogP contribution in [-0.4, -0.2) is 34.7 Å². The standard InChI is InChI=1S/C16H19NOS/c18-16(7-8-17(11-16)13-5-6-13)9-12-10-19-15-4-2-1-3-14(12)15/h1-4,10,13,18H,5-9,11H2. The molecule has 3 heteroatoms. The smallest absolute Gasteiger partial charge is 0.0826 e. The van der Waals surface area contributed by atoms with Crippen molar-refractivity contribution in [1.82, 2.24) is 4.90 Å². The molecule has 1 unspecified atom stereocenters. The first-order valence-corrected chi connectivity index (χ1v) is 8.03. The quantitative estimate of drug-likeness (QED) is 0.929. The van der Waals surface area contributed by atoms with Crippen molar-refractivity contribution in [3.63, 3.8) is 0 Å². The highest BCUT2D eigenvalue weighted by atomic mass is 32.1. The van der Waals surface area contributed by atoms with Crippen LogP contribution in [0.1, 0.15) is 24.8 Å². The Hall–Kier alpha value is -0.900. The minimum absolute atomic E-state index is 0.508. The number of likely N-dealkylation sites (tertiary alicyclic amines) is 1. The Bertz CT molecular complexity index is 604. The second-order valence-electron chi connectivity index (χ2n) is 6.11. The minimum atomic E-state index is -0.508. The third-order valence-electron chi connectivity index (χ3n) is 4.51. The van der Waals surface area contributed by atoms with Crippen molar-refractivity contribution in [3.05, 3.63) is 35.2 Å². The van der Waals surface area contributed by atoms with Crippen molar-refractivity contribution in [2.24, 2.45) is 0 Å². The van der Waals surface area contributed by atoms with Crippen LogP contribution in [0, 0.1) is 0 Å². The summed E-state index contributed by atoms with van der Waals surface area (Å²) < 4.78 is 1.33. The van der Waals surface area contributed by atoms with Gasteiger partial charge in [0, 0.05) is 30.3 Å². The zero-order chi connectivity index (χ0) is 12.9. The molecule has 2 fully saturated rings. The minimum Gasteiger partial charge on any atom is -0.388 e. The number of fused-ring (bicyclic) bond motifs is 1. The van der Waals surface area contributed by atoms with Gasteiger partial charge in [-0.25, -0.2) is 0 Å². The Labute approximate surface area is 117 Å². The Morgan fingerprint density at radius 3 is 3.00 bits per heavy atom. The number of nitrogens with zero attached hydrogens (tertiary/aromatic N) is 1. The monoisotopic (exact) mass is 273 g/mol. The van der Waals surface area contributed by atoms with Crippen LogP contribution in [0.25, 0.3) is 10.1 Å². The maximum Gasteiger partial charge on any atom is 0.0826 e. The van der Waals surface area contributed by atoms with Crippen LogP contribution in [0.4, 0.5) is 0 Å². The van der Waals surface area contributed by atoms with Crippen LogP contribution in [-0.2, 0) is 6.42 Å². The molecule has 1 saturated heterocycles. The molecule has 1 atom stereocenters. The summed E-state index contributed by atoms with van der Waals surface area (Å²) in [5.41, 5.74) is 0.813. The fourth-order valence-electron chi connectivity index (χ4n) is 3.31. The number of rotatable bonds is 3. The molecular formula is C16H19NOS. The van der Waals surface area contributed by atoms with E-state index in [1.807, 2.05) is 0 Å². The molecule has 1 aliphatic heterocycles. The summed E-state index contributed by atoms with van der Waals surface area (Å²) >= 11 is 1.79. The van der Waals surface area contributed by atoms with Crippen LogP contribution in [0.2, 0.25) is 0 Å². The zero-order valence-corrected chi connectivity index (χ0v) is 11.8. The van der Waals surface area contributed by atoms with Crippen molar-refractivity contribution >= 4 is 21.4 Å². The molecule has 100 valence electrons. The molecule has 1 aliphatic carbocycles. The normalized spacial score (nSPS) is 28.3. The average molecular weight is 273 g/mol. The fraction of sp³-hybridized carbons (Fsp3) is 0.500. The Morgan fingerprint density at radius 2 is 2.16 bits per heavy atom. The third-order valence-corrected chi connectivity index (χ3v) is 5.52. The van der Waals surface area contributed by atoms with E-state index in [1.165, 1.54) is 28.5 Å². The van der Waals surface area contributed by atoms with Crippen molar-refractivity contribution in [2.45, 2.75) is 37.3 Å². The van der Waals surface area contributed by atoms with Gasteiger partial charge in [0.1, 0.15) is 0 Å². The lowest BCUT2D eigenvalue weighted by Gasteiger charge is -2.23. The van der Waals surface area contributed by atoms with E-state index in [2.05, 4.69) is 34.5 Å². The molecule has 0 radical (unpaired) electrons. The van der Waals surface area contributed by atoms with Gasteiger partial charge in [-0.2, -0.15) is 0 Å². The van der Waals surface area contributed by atoms with Crippen molar-refractivity contribution in [3.8, 4) is 0 Å².